The molecule has 0 spiro atoms. The molecule has 3 aromatic carbocycles. The lowest BCUT2D eigenvalue weighted by atomic mass is 10.1. The summed E-state index contributed by atoms with van der Waals surface area (Å²) in [7, 11) is -1.95. The lowest BCUT2D eigenvalue weighted by Gasteiger charge is -2.40. The first-order valence-corrected chi connectivity index (χ1v) is 12.7. The van der Waals surface area contributed by atoms with Crippen molar-refractivity contribution in [3.63, 3.8) is 0 Å². The fourth-order valence-electron chi connectivity index (χ4n) is 4.45. The number of aryl methyl sites for hydroxylation is 1. The summed E-state index contributed by atoms with van der Waals surface area (Å²) in [5, 5.41) is 0. The molecule has 3 aromatic rings. The second-order valence-corrected chi connectivity index (χ2v) is 10.5. The molecular formula is C26H27N3O4S. The smallest absolute Gasteiger partial charge is 0.243 e. The molecule has 0 radical (unpaired) electrons. The molecule has 5 rings (SSSR count). The van der Waals surface area contributed by atoms with Crippen molar-refractivity contribution < 1.29 is 17.9 Å². The Kier molecular flexibility index (Phi) is 5.79. The molecular weight excluding hydrogens is 450 g/mol. The van der Waals surface area contributed by atoms with Crippen molar-refractivity contribution in [2.45, 2.75) is 24.8 Å². The molecule has 1 fully saturated rings. The van der Waals surface area contributed by atoms with Crippen molar-refractivity contribution in [3.05, 3.63) is 77.9 Å². The lowest BCUT2D eigenvalue weighted by molar-refractivity contribution is 0.205. The Labute approximate surface area is 200 Å². The van der Waals surface area contributed by atoms with Gasteiger partial charge >= 0.3 is 0 Å². The van der Waals surface area contributed by atoms with Crippen LogP contribution in [0.5, 0.6) is 17.2 Å². The summed E-state index contributed by atoms with van der Waals surface area (Å²) in [4.78, 5) is 7.45. The van der Waals surface area contributed by atoms with E-state index in [0.29, 0.717) is 41.8 Å². The van der Waals surface area contributed by atoms with Crippen LogP contribution < -0.4 is 9.47 Å². The summed E-state index contributed by atoms with van der Waals surface area (Å²) in [6.07, 6.45) is 0. The van der Waals surface area contributed by atoms with Gasteiger partial charge in [-0.2, -0.15) is 4.31 Å². The lowest BCUT2D eigenvalue weighted by Crippen LogP contribution is -2.55. The van der Waals surface area contributed by atoms with Crippen LogP contribution in [0.15, 0.2) is 76.6 Å². The molecule has 0 N–H and O–H groups in total. The minimum Gasteiger partial charge on any atom is -0.497 e. The molecule has 176 valence electrons. The van der Waals surface area contributed by atoms with Crippen molar-refractivity contribution in [2.75, 3.05) is 26.7 Å². The zero-order chi connectivity index (χ0) is 23.9. The third kappa shape index (κ3) is 4.03. The highest BCUT2D eigenvalue weighted by molar-refractivity contribution is 7.89. The van der Waals surface area contributed by atoms with Gasteiger partial charge in [-0.1, -0.05) is 24.3 Å². The second-order valence-electron chi connectivity index (χ2n) is 8.59. The van der Waals surface area contributed by atoms with E-state index < -0.39 is 10.0 Å². The molecule has 34 heavy (non-hydrogen) atoms. The zero-order valence-electron chi connectivity index (χ0n) is 19.4. The van der Waals surface area contributed by atoms with Gasteiger partial charge in [0.15, 0.2) is 5.75 Å². The minimum atomic E-state index is -3.57. The number of methoxy groups -OCH3 is 1. The third-order valence-electron chi connectivity index (χ3n) is 6.21. The first-order chi connectivity index (χ1) is 16.4. The highest BCUT2D eigenvalue weighted by atomic mass is 32.2. The van der Waals surface area contributed by atoms with Gasteiger partial charge < -0.3 is 14.4 Å². The van der Waals surface area contributed by atoms with Gasteiger partial charge in [0, 0.05) is 31.7 Å². The molecule has 8 heteroatoms. The van der Waals surface area contributed by atoms with Crippen molar-refractivity contribution in [3.8, 4) is 17.2 Å². The first-order valence-electron chi connectivity index (χ1n) is 11.2. The topological polar surface area (TPSA) is 71.4 Å². The number of fused-ring (bicyclic) bond motifs is 2. The molecule has 0 aliphatic carbocycles. The Bertz CT molecular complexity index is 1360. The maximum atomic E-state index is 13.2. The van der Waals surface area contributed by atoms with Gasteiger partial charge in [0.05, 0.1) is 17.6 Å². The van der Waals surface area contributed by atoms with E-state index in [0.717, 1.165) is 22.6 Å². The second kappa shape index (κ2) is 8.77. The minimum absolute atomic E-state index is 0.231. The largest absolute Gasteiger partial charge is 0.497 e. The van der Waals surface area contributed by atoms with Gasteiger partial charge in [-0.25, -0.2) is 13.4 Å². The van der Waals surface area contributed by atoms with Crippen LogP contribution in [0.25, 0.3) is 0 Å². The maximum absolute atomic E-state index is 13.2. The zero-order valence-corrected chi connectivity index (χ0v) is 20.2. The van der Waals surface area contributed by atoms with Crippen LogP contribution in [-0.4, -0.2) is 56.2 Å². The summed E-state index contributed by atoms with van der Waals surface area (Å²) in [5.74, 6) is 2.81. The molecule has 1 saturated heterocycles. The number of sulfonamides is 1. The van der Waals surface area contributed by atoms with Crippen molar-refractivity contribution in [1.82, 2.24) is 9.21 Å². The van der Waals surface area contributed by atoms with E-state index in [1.54, 1.807) is 35.7 Å². The van der Waals surface area contributed by atoms with Crippen LogP contribution in [0.4, 0.5) is 5.69 Å². The number of hydrogen-bond acceptors (Lipinski definition) is 6. The Morgan fingerprint density at radius 3 is 2.53 bits per heavy atom. The predicted octanol–water partition coefficient (Wildman–Crippen LogP) is 4.58. The average Bonchev–Trinajstić information content (AvgIpc) is 3.00. The molecule has 2 heterocycles. The molecule has 0 unspecified atom stereocenters. The summed E-state index contributed by atoms with van der Waals surface area (Å²) < 4.78 is 39.8. The van der Waals surface area contributed by atoms with Crippen LogP contribution in [0.1, 0.15) is 18.1 Å². The van der Waals surface area contributed by atoms with Crippen molar-refractivity contribution in [1.29, 1.82) is 0 Å². The third-order valence-corrected chi connectivity index (χ3v) is 8.23. The number of ether oxygens (including phenoxy) is 2. The van der Waals surface area contributed by atoms with Crippen LogP contribution in [-0.2, 0) is 10.0 Å². The van der Waals surface area contributed by atoms with Crippen molar-refractivity contribution in [2.24, 2.45) is 4.99 Å². The molecule has 2 aliphatic rings. The molecule has 2 aliphatic heterocycles. The van der Waals surface area contributed by atoms with E-state index >= 15 is 0 Å². The first kappa shape index (κ1) is 22.4. The highest BCUT2D eigenvalue weighted by Gasteiger charge is 2.36. The van der Waals surface area contributed by atoms with E-state index in [9.17, 15) is 8.42 Å². The van der Waals surface area contributed by atoms with Gasteiger partial charge in [-0.15, -0.1) is 0 Å². The number of benzene rings is 3. The van der Waals surface area contributed by atoms with Crippen LogP contribution in [0.3, 0.4) is 0 Å². The highest BCUT2D eigenvalue weighted by Crippen LogP contribution is 2.40. The van der Waals surface area contributed by atoms with Crippen molar-refractivity contribution >= 4 is 21.5 Å². The van der Waals surface area contributed by atoms with E-state index in [4.69, 9.17) is 14.5 Å². The number of piperazine rings is 1. The van der Waals surface area contributed by atoms with Gasteiger partial charge in [-0.05, 0) is 55.8 Å². The molecule has 0 bridgehead atoms. The molecule has 0 aromatic heterocycles. The SMILES string of the molecule is COc1ccc2c(c1)Oc1cc(C)ccc1N=C2N1CCN(S(=O)(=O)c2ccccc2)[C@H](C)C1. The standard InChI is InChI=1S/C26H27N3O4S/c1-18-9-12-23-25(15-18)33-24-16-20(32-3)10-11-22(24)26(27-23)28-13-14-29(19(2)17-28)34(30,31)21-7-5-4-6-8-21/h4-12,15-16,19H,13-14,17H2,1-3H3/t19-/m1/s1. The van der Waals surface area contributed by atoms with Gasteiger partial charge in [0.2, 0.25) is 10.0 Å². The Morgan fingerprint density at radius 1 is 1.00 bits per heavy atom. The number of rotatable bonds is 3. The Hall–Kier alpha value is -3.36. The van der Waals surface area contributed by atoms with E-state index in [2.05, 4.69) is 4.90 Å². The molecule has 7 nitrogen and oxygen atoms in total. The monoisotopic (exact) mass is 477 g/mol. The molecule has 1 atom stereocenters. The number of aliphatic imine (C=N–C) groups is 1. The fraction of sp³-hybridized carbons (Fsp3) is 0.269. The summed E-state index contributed by atoms with van der Waals surface area (Å²) in [6, 6.07) is 20.0. The average molecular weight is 478 g/mol. The van der Waals surface area contributed by atoms with E-state index in [1.807, 2.05) is 56.3 Å². The number of nitrogens with zero attached hydrogens (tertiary/aromatic N) is 3. The Morgan fingerprint density at radius 2 is 1.79 bits per heavy atom. The van der Waals surface area contributed by atoms with E-state index in [1.165, 1.54) is 0 Å². The van der Waals surface area contributed by atoms with Gasteiger partial charge in [0.25, 0.3) is 0 Å². The Balaban J connectivity index is 1.50. The van der Waals surface area contributed by atoms with Gasteiger partial charge in [-0.3, -0.25) is 0 Å². The summed E-state index contributed by atoms with van der Waals surface area (Å²) in [5.41, 5.74) is 2.67. The number of hydrogen-bond donors (Lipinski definition) is 0. The predicted molar refractivity (Wildman–Crippen MR) is 132 cm³/mol. The molecule has 0 saturated carbocycles. The summed E-state index contributed by atoms with van der Waals surface area (Å²) >= 11 is 0. The van der Waals surface area contributed by atoms with Gasteiger partial charge in [0.1, 0.15) is 23.0 Å². The normalized spacial score (nSPS) is 18.3. The number of amidine groups is 1. The fourth-order valence-corrected chi connectivity index (χ4v) is 6.08. The van der Waals surface area contributed by atoms with Crippen LogP contribution in [0.2, 0.25) is 0 Å². The maximum Gasteiger partial charge on any atom is 0.243 e. The molecule has 0 amide bonds. The summed E-state index contributed by atoms with van der Waals surface area (Å²) in [6.45, 7) is 5.34. The van der Waals surface area contributed by atoms with E-state index in [-0.39, 0.29) is 6.04 Å². The van der Waals surface area contributed by atoms with Crippen LogP contribution in [0, 0.1) is 6.92 Å². The quantitative estimate of drug-likeness (QED) is 0.552. The van der Waals surface area contributed by atoms with Crippen LogP contribution >= 0.6 is 0 Å².